The summed E-state index contributed by atoms with van der Waals surface area (Å²) in [4.78, 5) is 15.4. The predicted molar refractivity (Wildman–Crippen MR) is 65.7 cm³/mol. The molecule has 18 heavy (non-hydrogen) atoms. The number of carbonyl (C=O) groups is 1. The highest BCUT2D eigenvalue weighted by Crippen LogP contribution is 2.31. The molecule has 0 radical (unpaired) electrons. The fraction of sp³-hybridized carbons (Fsp3) is 0.500. The zero-order chi connectivity index (χ0) is 13.5. The summed E-state index contributed by atoms with van der Waals surface area (Å²) in [5.74, 6) is -1.20. The minimum absolute atomic E-state index is 0.123. The maximum Gasteiger partial charge on any atom is 0.338 e. The van der Waals surface area contributed by atoms with Crippen LogP contribution < -0.4 is 0 Å². The molecule has 1 aromatic heterocycles. The third-order valence-electron chi connectivity index (χ3n) is 3.22. The highest BCUT2D eigenvalue weighted by Gasteiger charge is 2.30. The standard InChI is InChI=1S/C12H15NO4S/c1-3-9-7-5-4-6-8(7)10(12(14)15)11(13-9)18(2,16)17/h3-6H2,1-2H3,(H,14,15). The maximum atomic E-state index is 11.7. The average molecular weight is 269 g/mol. The lowest BCUT2D eigenvalue weighted by Crippen LogP contribution is -2.16. The first-order valence-electron chi connectivity index (χ1n) is 5.84. The van der Waals surface area contributed by atoms with Crippen LogP contribution in [0.2, 0.25) is 0 Å². The number of aryl methyl sites for hydroxylation is 1. The van der Waals surface area contributed by atoms with Gasteiger partial charge >= 0.3 is 5.97 Å². The van der Waals surface area contributed by atoms with Crippen LogP contribution in [-0.2, 0) is 29.1 Å². The molecule has 0 saturated heterocycles. The van der Waals surface area contributed by atoms with E-state index >= 15 is 0 Å². The fourth-order valence-electron chi connectivity index (χ4n) is 2.49. The van der Waals surface area contributed by atoms with Gasteiger partial charge < -0.3 is 5.11 Å². The van der Waals surface area contributed by atoms with Crippen molar-refractivity contribution >= 4 is 15.8 Å². The Morgan fingerprint density at radius 2 is 1.94 bits per heavy atom. The quantitative estimate of drug-likeness (QED) is 0.892. The van der Waals surface area contributed by atoms with Crippen molar-refractivity contribution in [2.45, 2.75) is 37.6 Å². The van der Waals surface area contributed by atoms with Gasteiger partial charge in [0.2, 0.25) is 0 Å². The second kappa shape index (κ2) is 4.35. The van der Waals surface area contributed by atoms with Gasteiger partial charge in [-0.2, -0.15) is 0 Å². The van der Waals surface area contributed by atoms with Crippen LogP contribution in [0.3, 0.4) is 0 Å². The third kappa shape index (κ3) is 2.01. The number of sulfone groups is 1. The number of nitrogens with zero attached hydrogens (tertiary/aromatic N) is 1. The topological polar surface area (TPSA) is 84.3 Å². The van der Waals surface area contributed by atoms with Crippen LogP contribution in [0, 0.1) is 0 Å². The molecule has 1 aromatic rings. The Balaban J connectivity index is 2.86. The molecule has 0 unspecified atom stereocenters. The van der Waals surface area contributed by atoms with Crippen molar-refractivity contribution in [3.8, 4) is 0 Å². The number of rotatable bonds is 3. The maximum absolute atomic E-state index is 11.7. The lowest BCUT2D eigenvalue weighted by atomic mass is 10.0. The van der Waals surface area contributed by atoms with E-state index in [0.29, 0.717) is 24.1 Å². The van der Waals surface area contributed by atoms with Crippen LogP contribution in [0.25, 0.3) is 0 Å². The molecule has 5 nitrogen and oxygen atoms in total. The molecule has 0 spiro atoms. The van der Waals surface area contributed by atoms with Crippen LogP contribution in [0.15, 0.2) is 5.03 Å². The van der Waals surface area contributed by atoms with Gasteiger partial charge in [-0.25, -0.2) is 18.2 Å². The van der Waals surface area contributed by atoms with Crippen LogP contribution in [0.4, 0.5) is 0 Å². The molecule has 1 aliphatic rings. The first kappa shape index (κ1) is 13.0. The summed E-state index contributed by atoms with van der Waals surface area (Å²) in [5, 5.41) is 8.97. The molecule has 98 valence electrons. The molecule has 1 aliphatic carbocycles. The largest absolute Gasteiger partial charge is 0.478 e. The predicted octanol–water partition coefficient (Wildman–Crippen LogP) is 1.23. The Kier molecular flexibility index (Phi) is 3.14. The summed E-state index contributed by atoms with van der Waals surface area (Å²) in [5.41, 5.74) is 2.19. The van der Waals surface area contributed by atoms with Crippen LogP contribution in [-0.4, -0.2) is 30.7 Å². The normalized spacial score (nSPS) is 14.6. The summed E-state index contributed by atoms with van der Waals surface area (Å²) < 4.78 is 23.4. The lowest BCUT2D eigenvalue weighted by molar-refractivity contribution is 0.0690. The van der Waals surface area contributed by atoms with Crippen molar-refractivity contribution < 1.29 is 18.3 Å². The highest BCUT2D eigenvalue weighted by molar-refractivity contribution is 7.90. The van der Waals surface area contributed by atoms with Crippen LogP contribution in [0.5, 0.6) is 0 Å². The average Bonchev–Trinajstić information content (AvgIpc) is 2.73. The highest BCUT2D eigenvalue weighted by atomic mass is 32.2. The number of aromatic nitrogens is 1. The van der Waals surface area contributed by atoms with E-state index in [2.05, 4.69) is 4.98 Å². The number of hydrogen-bond donors (Lipinski definition) is 1. The van der Waals surface area contributed by atoms with E-state index in [9.17, 15) is 18.3 Å². The number of carboxylic acids is 1. The van der Waals surface area contributed by atoms with E-state index in [1.54, 1.807) is 0 Å². The van der Waals surface area contributed by atoms with E-state index in [1.807, 2.05) is 6.92 Å². The van der Waals surface area contributed by atoms with Crippen molar-refractivity contribution in [3.63, 3.8) is 0 Å². The lowest BCUT2D eigenvalue weighted by Gasteiger charge is -2.12. The molecule has 0 bridgehead atoms. The zero-order valence-electron chi connectivity index (χ0n) is 10.4. The van der Waals surface area contributed by atoms with E-state index in [-0.39, 0.29) is 10.6 Å². The van der Waals surface area contributed by atoms with Crippen molar-refractivity contribution in [1.82, 2.24) is 4.98 Å². The molecule has 0 amide bonds. The number of pyridine rings is 1. The molecule has 0 aliphatic heterocycles. The molecular weight excluding hydrogens is 254 g/mol. The van der Waals surface area contributed by atoms with E-state index in [4.69, 9.17) is 0 Å². The second-order valence-corrected chi connectivity index (χ2v) is 6.41. The van der Waals surface area contributed by atoms with Gasteiger partial charge in [0.1, 0.15) is 5.56 Å². The molecule has 0 atom stereocenters. The first-order valence-corrected chi connectivity index (χ1v) is 7.73. The molecular formula is C12H15NO4S. The van der Waals surface area contributed by atoms with Gasteiger partial charge in [0, 0.05) is 11.9 Å². The molecule has 1 heterocycles. The van der Waals surface area contributed by atoms with Gasteiger partial charge in [-0.1, -0.05) is 6.92 Å². The van der Waals surface area contributed by atoms with E-state index in [0.717, 1.165) is 24.7 Å². The van der Waals surface area contributed by atoms with E-state index in [1.165, 1.54) is 0 Å². The number of hydrogen-bond acceptors (Lipinski definition) is 4. The van der Waals surface area contributed by atoms with Gasteiger partial charge in [0.25, 0.3) is 0 Å². The van der Waals surface area contributed by atoms with E-state index < -0.39 is 15.8 Å². The van der Waals surface area contributed by atoms with Crippen molar-refractivity contribution in [2.24, 2.45) is 0 Å². The Labute approximate surface area is 106 Å². The third-order valence-corrected chi connectivity index (χ3v) is 4.22. The number of carboxylic acid groups (broad SMARTS) is 1. The molecule has 0 fully saturated rings. The van der Waals surface area contributed by atoms with Gasteiger partial charge in [0.15, 0.2) is 14.9 Å². The molecule has 1 N–H and O–H groups in total. The van der Waals surface area contributed by atoms with Gasteiger partial charge in [0.05, 0.1) is 0 Å². The summed E-state index contributed by atoms with van der Waals surface area (Å²) >= 11 is 0. The Morgan fingerprint density at radius 1 is 1.33 bits per heavy atom. The Hall–Kier alpha value is -1.43. The summed E-state index contributed by atoms with van der Waals surface area (Å²) in [6, 6.07) is 0. The smallest absolute Gasteiger partial charge is 0.338 e. The molecule has 6 heteroatoms. The second-order valence-electron chi connectivity index (χ2n) is 4.48. The minimum atomic E-state index is -3.62. The molecule has 0 saturated carbocycles. The first-order chi connectivity index (χ1) is 8.36. The summed E-state index contributed by atoms with van der Waals surface area (Å²) in [6.45, 7) is 1.90. The van der Waals surface area contributed by atoms with Gasteiger partial charge in [-0.05, 0) is 36.8 Å². The van der Waals surface area contributed by atoms with Crippen LogP contribution in [0.1, 0.15) is 40.5 Å². The number of aromatic carboxylic acids is 1. The zero-order valence-corrected chi connectivity index (χ0v) is 11.2. The van der Waals surface area contributed by atoms with Crippen LogP contribution >= 0.6 is 0 Å². The van der Waals surface area contributed by atoms with Gasteiger partial charge in [-0.3, -0.25) is 0 Å². The molecule has 2 rings (SSSR count). The Bertz CT molecular complexity index is 619. The summed E-state index contributed by atoms with van der Waals surface area (Å²) in [7, 11) is -3.62. The van der Waals surface area contributed by atoms with Gasteiger partial charge in [-0.15, -0.1) is 0 Å². The van der Waals surface area contributed by atoms with Crippen molar-refractivity contribution in [3.05, 3.63) is 22.4 Å². The fourth-order valence-corrected chi connectivity index (χ4v) is 3.35. The van der Waals surface area contributed by atoms with Crippen molar-refractivity contribution in [2.75, 3.05) is 6.26 Å². The SMILES string of the molecule is CCc1nc(S(C)(=O)=O)c(C(=O)O)c2c1CCC2. The van der Waals surface area contributed by atoms with Crippen molar-refractivity contribution in [1.29, 1.82) is 0 Å². The minimum Gasteiger partial charge on any atom is -0.478 e. The molecule has 0 aromatic carbocycles. The number of fused-ring (bicyclic) bond motifs is 1. The summed E-state index contributed by atoms with van der Waals surface area (Å²) in [6.07, 6.45) is 3.88. The Morgan fingerprint density at radius 3 is 2.44 bits per heavy atom. The monoisotopic (exact) mass is 269 g/mol.